The van der Waals surface area contributed by atoms with E-state index in [1.165, 1.54) is 0 Å². The van der Waals surface area contributed by atoms with Gasteiger partial charge < -0.3 is 14.8 Å². The molecule has 1 aromatic heterocycles. The van der Waals surface area contributed by atoms with Crippen molar-refractivity contribution in [2.75, 3.05) is 7.11 Å². The fourth-order valence-electron chi connectivity index (χ4n) is 2.43. The Morgan fingerprint density at radius 1 is 1.56 bits per heavy atom. The Kier molecular flexibility index (Phi) is 3.28. The van der Waals surface area contributed by atoms with Gasteiger partial charge in [0.1, 0.15) is 5.75 Å². The first-order valence-electron chi connectivity index (χ1n) is 5.97. The Morgan fingerprint density at radius 2 is 2.28 bits per heavy atom. The van der Waals surface area contributed by atoms with Crippen LogP contribution in [0.15, 0.2) is 18.3 Å². The molecule has 0 aliphatic rings. The third kappa shape index (κ3) is 1.83. The maximum Gasteiger partial charge on any atom is 0.311 e. The molecule has 2 N–H and O–H groups in total. The number of hydrogen-bond donors (Lipinski definition) is 2. The monoisotopic (exact) mass is 247 g/mol. The van der Waals surface area contributed by atoms with Crippen molar-refractivity contribution in [1.29, 1.82) is 0 Å². The van der Waals surface area contributed by atoms with Crippen LogP contribution in [0.2, 0.25) is 0 Å². The number of H-pyrrole nitrogens is 1. The van der Waals surface area contributed by atoms with Crippen molar-refractivity contribution in [3.8, 4) is 5.75 Å². The SMILES string of the molecule is CCC(C(=O)O)c1c(OC)cc(C)c2[nH]ccc12. The number of aryl methyl sites for hydroxylation is 1. The lowest BCUT2D eigenvalue weighted by Crippen LogP contribution is -2.12. The van der Waals surface area contributed by atoms with Crippen LogP contribution in [0.3, 0.4) is 0 Å². The summed E-state index contributed by atoms with van der Waals surface area (Å²) in [5.74, 6) is -0.713. The van der Waals surface area contributed by atoms with Gasteiger partial charge in [0.2, 0.25) is 0 Å². The maximum absolute atomic E-state index is 11.4. The predicted octanol–water partition coefficient (Wildman–Crippen LogP) is 3.06. The van der Waals surface area contributed by atoms with Gasteiger partial charge in [-0.05, 0) is 31.0 Å². The summed E-state index contributed by atoms with van der Waals surface area (Å²) in [5.41, 5.74) is 2.79. The molecule has 0 saturated carbocycles. The molecule has 1 atom stereocenters. The smallest absolute Gasteiger partial charge is 0.311 e. The van der Waals surface area contributed by atoms with E-state index in [1.807, 2.05) is 32.2 Å². The van der Waals surface area contributed by atoms with E-state index >= 15 is 0 Å². The summed E-state index contributed by atoms with van der Waals surface area (Å²) in [6.07, 6.45) is 2.37. The van der Waals surface area contributed by atoms with Gasteiger partial charge in [0.25, 0.3) is 0 Å². The molecule has 96 valence electrons. The Hall–Kier alpha value is -1.97. The van der Waals surface area contributed by atoms with Crippen molar-refractivity contribution in [2.24, 2.45) is 0 Å². The highest BCUT2D eigenvalue weighted by molar-refractivity contribution is 5.93. The second-order valence-electron chi connectivity index (χ2n) is 4.37. The number of rotatable bonds is 4. The highest BCUT2D eigenvalue weighted by Gasteiger charge is 2.25. The van der Waals surface area contributed by atoms with Crippen LogP contribution in [0.25, 0.3) is 10.9 Å². The normalized spacial score (nSPS) is 12.6. The summed E-state index contributed by atoms with van der Waals surface area (Å²) in [4.78, 5) is 14.5. The summed E-state index contributed by atoms with van der Waals surface area (Å²) < 4.78 is 5.36. The number of fused-ring (bicyclic) bond motifs is 1. The zero-order chi connectivity index (χ0) is 13.3. The van der Waals surface area contributed by atoms with E-state index in [0.29, 0.717) is 12.2 Å². The molecule has 0 aliphatic heterocycles. The first-order valence-corrected chi connectivity index (χ1v) is 5.97. The number of aromatic nitrogens is 1. The second-order valence-corrected chi connectivity index (χ2v) is 4.37. The number of carboxylic acid groups (broad SMARTS) is 1. The predicted molar refractivity (Wildman–Crippen MR) is 70.3 cm³/mol. The summed E-state index contributed by atoms with van der Waals surface area (Å²) in [6, 6.07) is 3.80. The van der Waals surface area contributed by atoms with Crippen molar-refractivity contribution in [2.45, 2.75) is 26.2 Å². The average Bonchev–Trinajstić information content (AvgIpc) is 2.81. The van der Waals surface area contributed by atoms with Crippen LogP contribution in [-0.2, 0) is 4.79 Å². The van der Waals surface area contributed by atoms with Crippen LogP contribution < -0.4 is 4.74 Å². The molecule has 0 saturated heterocycles. The lowest BCUT2D eigenvalue weighted by molar-refractivity contribution is -0.138. The molecular formula is C14H17NO3. The maximum atomic E-state index is 11.4. The first-order chi connectivity index (χ1) is 8.60. The summed E-state index contributed by atoms with van der Waals surface area (Å²) in [5, 5.41) is 10.3. The minimum Gasteiger partial charge on any atom is -0.496 e. The van der Waals surface area contributed by atoms with Crippen molar-refractivity contribution < 1.29 is 14.6 Å². The Morgan fingerprint density at radius 3 is 2.83 bits per heavy atom. The number of methoxy groups -OCH3 is 1. The topological polar surface area (TPSA) is 62.3 Å². The zero-order valence-electron chi connectivity index (χ0n) is 10.8. The van der Waals surface area contributed by atoms with Crippen LogP contribution in [0, 0.1) is 6.92 Å². The van der Waals surface area contributed by atoms with Crippen LogP contribution in [0.4, 0.5) is 0 Å². The molecule has 0 fully saturated rings. The van der Waals surface area contributed by atoms with Crippen molar-refractivity contribution in [3.63, 3.8) is 0 Å². The standard InChI is InChI=1S/C14H17NO3/c1-4-9(14(16)17)12-10-5-6-15-13(10)8(2)7-11(12)18-3/h5-7,9,15H,4H2,1-3H3,(H,16,17). The van der Waals surface area contributed by atoms with E-state index < -0.39 is 11.9 Å². The molecule has 18 heavy (non-hydrogen) atoms. The average molecular weight is 247 g/mol. The van der Waals surface area contributed by atoms with Crippen LogP contribution in [-0.4, -0.2) is 23.2 Å². The van der Waals surface area contributed by atoms with E-state index in [-0.39, 0.29) is 0 Å². The third-order valence-electron chi connectivity index (χ3n) is 3.32. The zero-order valence-corrected chi connectivity index (χ0v) is 10.8. The van der Waals surface area contributed by atoms with Gasteiger partial charge in [-0.2, -0.15) is 0 Å². The summed E-state index contributed by atoms with van der Waals surface area (Å²) in [6.45, 7) is 3.85. The number of aromatic amines is 1. The second kappa shape index (κ2) is 4.72. The fraction of sp³-hybridized carbons (Fsp3) is 0.357. The molecule has 4 nitrogen and oxygen atoms in total. The number of benzene rings is 1. The van der Waals surface area contributed by atoms with E-state index in [9.17, 15) is 9.90 Å². The van der Waals surface area contributed by atoms with Gasteiger partial charge in [-0.1, -0.05) is 6.92 Å². The largest absolute Gasteiger partial charge is 0.496 e. The van der Waals surface area contributed by atoms with Gasteiger partial charge in [0, 0.05) is 22.7 Å². The van der Waals surface area contributed by atoms with Crippen molar-refractivity contribution in [1.82, 2.24) is 4.98 Å². The Balaban J connectivity index is 2.77. The number of aliphatic carboxylic acids is 1. The summed E-state index contributed by atoms with van der Waals surface area (Å²) >= 11 is 0. The van der Waals surface area contributed by atoms with Crippen LogP contribution >= 0.6 is 0 Å². The number of carbonyl (C=O) groups is 1. The van der Waals surface area contributed by atoms with Gasteiger partial charge in [-0.15, -0.1) is 0 Å². The van der Waals surface area contributed by atoms with Gasteiger partial charge in [0.15, 0.2) is 0 Å². The molecule has 0 spiro atoms. The van der Waals surface area contributed by atoms with Gasteiger partial charge in [0.05, 0.1) is 13.0 Å². The molecule has 1 aromatic carbocycles. The highest BCUT2D eigenvalue weighted by atomic mass is 16.5. The molecule has 0 aliphatic carbocycles. The van der Waals surface area contributed by atoms with Crippen molar-refractivity contribution >= 4 is 16.9 Å². The number of carboxylic acids is 1. The lowest BCUT2D eigenvalue weighted by atomic mass is 9.91. The number of nitrogens with one attached hydrogen (secondary N) is 1. The van der Waals surface area contributed by atoms with Gasteiger partial charge >= 0.3 is 5.97 Å². The number of ether oxygens (including phenoxy) is 1. The number of hydrogen-bond acceptors (Lipinski definition) is 2. The van der Waals surface area contributed by atoms with Crippen LogP contribution in [0.1, 0.15) is 30.4 Å². The molecule has 4 heteroatoms. The van der Waals surface area contributed by atoms with E-state index in [1.54, 1.807) is 7.11 Å². The minimum atomic E-state index is -0.817. The molecule has 2 aromatic rings. The van der Waals surface area contributed by atoms with E-state index in [2.05, 4.69) is 4.98 Å². The molecule has 0 amide bonds. The molecule has 1 heterocycles. The summed E-state index contributed by atoms with van der Waals surface area (Å²) in [7, 11) is 1.57. The fourth-order valence-corrected chi connectivity index (χ4v) is 2.43. The van der Waals surface area contributed by atoms with Gasteiger partial charge in [-0.25, -0.2) is 0 Å². The minimum absolute atomic E-state index is 0.537. The first kappa shape index (κ1) is 12.5. The van der Waals surface area contributed by atoms with E-state index in [4.69, 9.17) is 4.74 Å². The quantitative estimate of drug-likeness (QED) is 0.872. The Bertz CT molecular complexity index is 586. The highest BCUT2D eigenvalue weighted by Crippen LogP contribution is 2.37. The van der Waals surface area contributed by atoms with Crippen LogP contribution in [0.5, 0.6) is 5.75 Å². The Labute approximate surface area is 106 Å². The van der Waals surface area contributed by atoms with Crippen molar-refractivity contribution in [3.05, 3.63) is 29.5 Å². The van der Waals surface area contributed by atoms with Gasteiger partial charge in [-0.3, -0.25) is 4.79 Å². The van der Waals surface area contributed by atoms with E-state index in [0.717, 1.165) is 22.0 Å². The molecular weight excluding hydrogens is 230 g/mol. The molecule has 1 unspecified atom stereocenters. The molecule has 2 rings (SSSR count). The lowest BCUT2D eigenvalue weighted by Gasteiger charge is -2.17. The molecule has 0 radical (unpaired) electrons. The molecule has 0 bridgehead atoms. The third-order valence-corrected chi connectivity index (χ3v) is 3.32.